The molecule has 0 rings (SSSR count). The van der Waals surface area contributed by atoms with Crippen molar-refractivity contribution in [3.8, 4) is 0 Å². The number of ether oxygens (including phenoxy) is 3. The number of nitrogens with two attached hydrogens (primary N) is 1. The Kier molecular flexibility index (Phi) is 12.5. The van der Waals surface area contributed by atoms with Crippen molar-refractivity contribution in [2.75, 3.05) is 52.7 Å². The Morgan fingerprint density at radius 1 is 0.857 bits per heavy atom. The third-order valence-electron chi connectivity index (χ3n) is 1.41. The highest BCUT2D eigenvalue weighted by Crippen LogP contribution is 1.79. The van der Waals surface area contributed by atoms with Crippen LogP contribution in [0, 0.1) is 5.21 Å². The van der Waals surface area contributed by atoms with Crippen LogP contribution in [0.25, 0.3) is 0 Å². The zero-order valence-electron chi connectivity index (χ0n) is 8.57. The lowest BCUT2D eigenvalue weighted by atomic mass is 10.7. The van der Waals surface area contributed by atoms with Crippen LogP contribution in [-0.4, -0.2) is 52.7 Å². The summed E-state index contributed by atoms with van der Waals surface area (Å²) in [6.07, 6.45) is 0. The molecule has 0 saturated heterocycles. The van der Waals surface area contributed by atoms with Crippen LogP contribution in [0.2, 0.25) is 0 Å². The van der Waals surface area contributed by atoms with Gasteiger partial charge in [-0.3, -0.25) is 0 Å². The van der Waals surface area contributed by atoms with Crippen LogP contribution in [0.5, 0.6) is 0 Å². The van der Waals surface area contributed by atoms with Gasteiger partial charge in [0.1, 0.15) is 0 Å². The molecule has 0 radical (unpaired) electrons. The summed E-state index contributed by atoms with van der Waals surface area (Å²) in [7, 11) is 0. The highest BCUT2D eigenvalue weighted by molar-refractivity contribution is 4.33. The Morgan fingerprint density at radius 2 is 1.36 bits per heavy atom. The Hall–Kier alpha value is -0.240. The monoisotopic (exact) mass is 209 g/mol. The number of hydrogen-bond donors (Lipinski definition) is 2. The van der Waals surface area contributed by atoms with E-state index >= 15 is 0 Å². The highest BCUT2D eigenvalue weighted by atomic mass is 16.5. The van der Waals surface area contributed by atoms with Crippen LogP contribution in [-0.2, 0) is 14.2 Å². The molecule has 0 bridgehead atoms. The van der Waals surface area contributed by atoms with Crippen LogP contribution in [0.15, 0.2) is 0 Å². The molecule has 0 atom stereocenters. The molecule has 0 aromatic heterocycles. The van der Waals surface area contributed by atoms with E-state index in [-0.39, 0.29) is 0 Å². The Balaban J connectivity index is 2.78. The predicted octanol–water partition coefficient (Wildman–Crippen LogP) is -2.66. The van der Waals surface area contributed by atoms with Crippen LogP contribution < -0.4 is 11.2 Å². The number of hydrogen-bond acceptors (Lipinski definition) is 4. The molecule has 0 aliphatic rings. The van der Waals surface area contributed by atoms with Crippen molar-refractivity contribution in [3.05, 3.63) is 5.21 Å². The summed E-state index contributed by atoms with van der Waals surface area (Å²) in [5.74, 6) is 0. The minimum Gasteiger partial charge on any atom is -0.636 e. The smallest absolute Gasteiger partial charge is 0.0990 e. The third-order valence-corrected chi connectivity index (χ3v) is 1.41. The quantitative estimate of drug-likeness (QED) is 0.287. The molecular formula is C8H21N2O4+. The maximum atomic E-state index is 9.91. The summed E-state index contributed by atoms with van der Waals surface area (Å²) in [6.45, 7) is 4.65. The first-order chi connectivity index (χ1) is 6.91. The SMILES string of the molecule is [NH3+]CCOCCOCCOCC[NH2+][O-]. The first-order valence-corrected chi connectivity index (χ1v) is 4.88. The van der Waals surface area contributed by atoms with E-state index in [1.807, 2.05) is 0 Å². The molecule has 0 spiro atoms. The lowest BCUT2D eigenvalue weighted by molar-refractivity contribution is -0.590. The number of quaternary nitrogens is 2. The molecule has 0 aliphatic heterocycles. The van der Waals surface area contributed by atoms with Crippen molar-refractivity contribution in [2.45, 2.75) is 0 Å². The Bertz CT molecular complexity index is 93.3. The molecular weight excluding hydrogens is 188 g/mol. The topological polar surface area (TPSA) is 95.0 Å². The van der Waals surface area contributed by atoms with Gasteiger partial charge in [-0.1, -0.05) is 0 Å². The van der Waals surface area contributed by atoms with Gasteiger partial charge in [0.25, 0.3) is 0 Å². The van der Waals surface area contributed by atoms with Crippen molar-refractivity contribution in [1.29, 1.82) is 0 Å². The van der Waals surface area contributed by atoms with E-state index in [2.05, 4.69) is 5.73 Å². The van der Waals surface area contributed by atoms with E-state index < -0.39 is 0 Å². The molecule has 0 fully saturated rings. The van der Waals surface area contributed by atoms with Gasteiger partial charge in [-0.05, 0) is 0 Å². The summed E-state index contributed by atoms with van der Waals surface area (Å²) < 4.78 is 15.4. The first kappa shape index (κ1) is 13.8. The van der Waals surface area contributed by atoms with Gasteiger partial charge >= 0.3 is 0 Å². The highest BCUT2D eigenvalue weighted by Gasteiger charge is 1.90. The minimum absolute atomic E-state index is 0.451. The molecule has 0 aromatic carbocycles. The van der Waals surface area contributed by atoms with Crippen LogP contribution in [0.1, 0.15) is 0 Å². The molecule has 0 amide bonds. The first-order valence-electron chi connectivity index (χ1n) is 4.88. The average Bonchev–Trinajstić information content (AvgIpc) is 2.21. The minimum atomic E-state index is 0.451. The Morgan fingerprint density at radius 3 is 1.86 bits per heavy atom. The fraction of sp³-hybridized carbons (Fsp3) is 1.00. The van der Waals surface area contributed by atoms with Crippen molar-refractivity contribution in [1.82, 2.24) is 0 Å². The van der Waals surface area contributed by atoms with Crippen molar-refractivity contribution >= 4 is 0 Å². The molecule has 0 saturated carbocycles. The van der Waals surface area contributed by atoms with E-state index in [1.165, 1.54) is 0 Å². The number of hydroxylamine groups is 1. The maximum absolute atomic E-state index is 9.91. The normalized spacial score (nSPS) is 10.7. The molecule has 6 nitrogen and oxygen atoms in total. The molecule has 14 heavy (non-hydrogen) atoms. The zero-order valence-corrected chi connectivity index (χ0v) is 8.57. The van der Waals surface area contributed by atoms with E-state index in [1.54, 1.807) is 0 Å². The summed E-state index contributed by atoms with van der Waals surface area (Å²) in [4.78, 5) is 0. The van der Waals surface area contributed by atoms with Crippen molar-refractivity contribution in [3.63, 3.8) is 0 Å². The number of rotatable bonds is 11. The summed E-state index contributed by atoms with van der Waals surface area (Å²) in [5, 5.41) is 9.91. The molecule has 0 aromatic rings. The van der Waals surface area contributed by atoms with Crippen LogP contribution in [0.4, 0.5) is 0 Å². The molecule has 6 heteroatoms. The van der Waals surface area contributed by atoms with Gasteiger partial charge in [0, 0.05) is 0 Å². The second kappa shape index (κ2) is 12.8. The predicted molar refractivity (Wildman–Crippen MR) is 50.4 cm³/mol. The van der Waals surface area contributed by atoms with Crippen molar-refractivity contribution in [2.24, 2.45) is 0 Å². The molecule has 0 heterocycles. The maximum Gasteiger partial charge on any atom is 0.0990 e. The summed E-state index contributed by atoms with van der Waals surface area (Å²) in [6, 6.07) is 0. The molecule has 0 unspecified atom stereocenters. The van der Waals surface area contributed by atoms with E-state index in [0.29, 0.717) is 46.2 Å². The lowest BCUT2D eigenvalue weighted by Gasteiger charge is -2.06. The van der Waals surface area contributed by atoms with Gasteiger partial charge in [0.15, 0.2) is 0 Å². The third kappa shape index (κ3) is 11.8. The van der Waals surface area contributed by atoms with E-state index in [9.17, 15) is 5.21 Å². The Labute approximate surface area is 84.3 Å². The van der Waals surface area contributed by atoms with Gasteiger partial charge in [0.2, 0.25) is 0 Å². The van der Waals surface area contributed by atoms with Gasteiger partial charge in [-0.25, -0.2) is 0 Å². The zero-order chi connectivity index (χ0) is 10.5. The van der Waals surface area contributed by atoms with Crippen molar-refractivity contribution < 1.29 is 25.4 Å². The fourth-order valence-electron chi connectivity index (χ4n) is 0.775. The lowest BCUT2D eigenvalue weighted by Crippen LogP contribution is -2.78. The molecule has 86 valence electrons. The van der Waals surface area contributed by atoms with Crippen LogP contribution >= 0.6 is 0 Å². The largest absolute Gasteiger partial charge is 0.636 e. The molecule has 0 aliphatic carbocycles. The standard InChI is InChI=1S/C8H20N2O4/c9-1-3-12-5-7-14-8-6-13-4-2-10-11/h1-10H2/p+1. The second-order valence-electron chi connectivity index (χ2n) is 2.65. The van der Waals surface area contributed by atoms with Crippen LogP contribution in [0.3, 0.4) is 0 Å². The fourth-order valence-corrected chi connectivity index (χ4v) is 0.775. The van der Waals surface area contributed by atoms with Gasteiger partial charge in [-0.2, -0.15) is 0 Å². The average molecular weight is 209 g/mol. The van der Waals surface area contributed by atoms with E-state index in [4.69, 9.17) is 14.2 Å². The second-order valence-corrected chi connectivity index (χ2v) is 2.65. The van der Waals surface area contributed by atoms with E-state index in [0.717, 1.165) is 12.0 Å². The van der Waals surface area contributed by atoms with Gasteiger partial charge in [0.05, 0.1) is 52.7 Å². The van der Waals surface area contributed by atoms with Gasteiger partial charge in [-0.15, -0.1) is 0 Å². The van der Waals surface area contributed by atoms with Gasteiger partial charge < -0.3 is 30.6 Å². The molecule has 5 N–H and O–H groups in total. The summed E-state index contributed by atoms with van der Waals surface area (Å²) >= 11 is 0. The summed E-state index contributed by atoms with van der Waals surface area (Å²) in [5.41, 5.74) is 4.49.